The summed E-state index contributed by atoms with van der Waals surface area (Å²) in [7, 11) is 0. The summed E-state index contributed by atoms with van der Waals surface area (Å²) in [5.41, 5.74) is 2.44. The second kappa shape index (κ2) is 7.60. The van der Waals surface area contributed by atoms with Crippen LogP contribution in [0.5, 0.6) is 0 Å². The number of nitrogens with zero attached hydrogens (tertiary/aromatic N) is 3. The van der Waals surface area contributed by atoms with E-state index < -0.39 is 0 Å². The first-order valence-corrected chi connectivity index (χ1v) is 9.39. The second-order valence-electron chi connectivity index (χ2n) is 7.36. The number of hydrogen-bond acceptors (Lipinski definition) is 4. The van der Waals surface area contributed by atoms with Gasteiger partial charge in [0.1, 0.15) is 0 Å². The van der Waals surface area contributed by atoms with Gasteiger partial charge in [-0.1, -0.05) is 24.3 Å². The molecule has 0 saturated carbocycles. The van der Waals surface area contributed by atoms with Crippen LogP contribution in [0.3, 0.4) is 0 Å². The summed E-state index contributed by atoms with van der Waals surface area (Å²) in [6, 6.07) is 10.7. The summed E-state index contributed by atoms with van der Waals surface area (Å²) in [5.74, 6) is 0.110. The lowest BCUT2D eigenvalue weighted by Gasteiger charge is -2.40. The molecule has 6 nitrogen and oxygen atoms in total. The molecule has 2 aliphatic heterocycles. The van der Waals surface area contributed by atoms with Crippen LogP contribution in [0.2, 0.25) is 0 Å². The van der Waals surface area contributed by atoms with Crippen molar-refractivity contribution >= 4 is 5.91 Å². The summed E-state index contributed by atoms with van der Waals surface area (Å²) in [5, 5.41) is 7.29. The highest BCUT2D eigenvalue weighted by Gasteiger charge is 2.37. The Morgan fingerprint density at radius 1 is 1.15 bits per heavy atom. The van der Waals surface area contributed by atoms with E-state index in [1.54, 1.807) is 0 Å². The van der Waals surface area contributed by atoms with Crippen molar-refractivity contribution in [2.45, 2.75) is 38.0 Å². The number of piperidine rings is 1. The summed E-state index contributed by atoms with van der Waals surface area (Å²) >= 11 is 0. The molecule has 1 aromatic carbocycles. The van der Waals surface area contributed by atoms with Crippen molar-refractivity contribution in [3.05, 3.63) is 53.9 Å². The maximum Gasteiger partial charge on any atom is 0.222 e. The molecule has 1 N–H and O–H groups in total. The van der Waals surface area contributed by atoms with Crippen molar-refractivity contribution < 1.29 is 9.53 Å². The van der Waals surface area contributed by atoms with Crippen LogP contribution in [0.1, 0.15) is 30.4 Å². The topological polar surface area (TPSA) is 59.4 Å². The Morgan fingerprint density at radius 3 is 2.73 bits per heavy atom. The standard InChI is InChI=1S/C20H26N4O2/c25-19-5-12-26-20(16-21-19)6-10-23(11-7-20)14-17-3-1-4-18(13-17)15-24-9-2-8-22-24/h1-4,8-9,13H,5-7,10-12,14-16H2,(H,21,25). The zero-order valence-corrected chi connectivity index (χ0v) is 15.1. The van der Waals surface area contributed by atoms with E-state index in [4.69, 9.17) is 4.74 Å². The third kappa shape index (κ3) is 4.14. The number of likely N-dealkylation sites (tertiary alicyclic amines) is 1. The van der Waals surface area contributed by atoms with Gasteiger partial charge in [0, 0.05) is 45.0 Å². The molecule has 0 bridgehead atoms. The highest BCUT2D eigenvalue weighted by atomic mass is 16.5. The maximum atomic E-state index is 11.6. The average Bonchev–Trinajstić information content (AvgIpc) is 3.08. The van der Waals surface area contributed by atoms with E-state index in [1.165, 1.54) is 11.1 Å². The minimum atomic E-state index is -0.162. The SMILES string of the molecule is O=C1CCOC2(CCN(Cc3cccc(Cn4cccn4)c3)CC2)CN1. The van der Waals surface area contributed by atoms with Crippen LogP contribution in [0, 0.1) is 0 Å². The van der Waals surface area contributed by atoms with Gasteiger partial charge in [-0.3, -0.25) is 14.4 Å². The molecular formula is C20H26N4O2. The van der Waals surface area contributed by atoms with Crippen molar-refractivity contribution in [2.75, 3.05) is 26.2 Å². The molecule has 2 fully saturated rings. The first-order chi connectivity index (χ1) is 12.7. The predicted octanol–water partition coefficient (Wildman–Crippen LogP) is 1.80. The maximum absolute atomic E-state index is 11.6. The van der Waals surface area contributed by atoms with E-state index in [0.717, 1.165) is 39.0 Å². The molecule has 2 aromatic rings. The lowest BCUT2D eigenvalue weighted by Crippen LogP contribution is -2.50. The third-order valence-electron chi connectivity index (χ3n) is 5.41. The Bertz CT molecular complexity index is 736. The molecule has 4 rings (SSSR count). The molecule has 0 atom stereocenters. The summed E-state index contributed by atoms with van der Waals surface area (Å²) in [6.07, 6.45) is 6.22. The molecule has 0 aliphatic carbocycles. The monoisotopic (exact) mass is 354 g/mol. The van der Waals surface area contributed by atoms with Gasteiger partial charge in [-0.15, -0.1) is 0 Å². The number of nitrogens with one attached hydrogen (secondary N) is 1. The molecule has 1 aromatic heterocycles. The molecule has 0 radical (unpaired) electrons. The van der Waals surface area contributed by atoms with E-state index in [1.807, 2.05) is 23.1 Å². The quantitative estimate of drug-likeness (QED) is 0.910. The van der Waals surface area contributed by atoms with Gasteiger partial charge in [-0.05, 0) is 30.0 Å². The normalized spacial score (nSPS) is 20.7. The molecule has 138 valence electrons. The van der Waals surface area contributed by atoms with Crippen LogP contribution in [-0.2, 0) is 22.6 Å². The van der Waals surface area contributed by atoms with E-state index in [-0.39, 0.29) is 11.5 Å². The van der Waals surface area contributed by atoms with Gasteiger partial charge < -0.3 is 10.1 Å². The van der Waals surface area contributed by atoms with Crippen LogP contribution >= 0.6 is 0 Å². The third-order valence-corrected chi connectivity index (χ3v) is 5.41. The fraction of sp³-hybridized carbons (Fsp3) is 0.500. The van der Waals surface area contributed by atoms with Crippen LogP contribution in [0.25, 0.3) is 0 Å². The van der Waals surface area contributed by atoms with Crippen molar-refractivity contribution in [1.82, 2.24) is 20.0 Å². The van der Waals surface area contributed by atoms with E-state index >= 15 is 0 Å². The average molecular weight is 354 g/mol. The molecule has 2 saturated heterocycles. The Hall–Kier alpha value is -2.18. The lowest BCUT2D eigenvalue weighted by molar-refractivity contribution is -0.120. The Kier molecular flexibility index (Phi) is 5.04. The number of carbonyl (C=O) groups is 1. The molecule has 26 heavy (non-hydrogen) atoms. The molecular weight excluding hydrogens is 328 g/mol. The number of amides is 1. The van der Waals surface area contributed by atoms with Crippen molar-refractivity contribution in [2.24, 2.45) is 0 Å². The lowest BCUT2D eigenvalue weighted by atomic mass is 9.90. The van der Waals surface area contributed by atoms with Gasteiger partial charge in [-0.2, -0.15) is 5.10 Å². The highest BCUT2D eigenvalue weighted by molar-refractivity contribution is 5.76. The van der Waals surface area contributed by atoms with E-state index in [2.05, 4.69) is 39.6 Å². The van der Waals surface area contributed by atoms with Crippen molar-refractivity contribution in [1.29, 1.82) is 0 Å². The number of ether oxygens (including phenoxy) is 1. The first kappa shape index (κ1) is 17.2. The van der Waals surface area contributed by atoms with Gasteiger partial charge in [0.2, 0.25) is 5.91 Å². The van der Waals surface area contributed by atoms with Crippen LogP contribution < -0.4 is 5.32 Å². The Morgan fingerprint density at radius 2 is 1.96 bits per heavy atom. The number of hydrogen-bond donors (Lipinski definition) is 1. The van der Waals surface area contributed by atoms with Gasteiger partial charge in [0.05, 0.1) is 18.8 Å². The summed E-state index contributed by atoms with van der Waals surface area (Å²) < 4.78 is 8.00. The Labute approximate surface area is 154 Å². The van der Waals surface area contributed by atoms with Crippen molar-refractivity contribution in [3.63, 3.8) is 0 Å². The van der Waals surface area contributed by atoms with Gasteiger partial charge in [0.25, 0.3) is 0 Å². The van der Waals surface area contributed by atoms with E-state index in [0.29, 0.717) is 19.6 Å². The minimum absolute atomic E-state index is 0.110. The fourth-order valence-electron chi connectivity index (χ4n) is 3.86. The van der Waals surface area contributed by atoms with Gasteiger partial charge >= 0.3 is 0 Å². The number of rotatable bonds is 4. The number of carbonyl (C=O) groups excluding carboxylic acids is 1. The summed E-state index contributed by atoms with van der Waals surface area (Å²) in [4.78, 5) is 14.0. The molecule has 1 spiro atoms. The van der Waals surface area contributed by atoms with Gasteiger partial charge in [-0.25, -0.2) is 0 Å². The molecule has 3 heterocycles. The second-order valence-corrected chi connectivity index (χ2v) is 7.36. The largest absolute Gasteiger partial charge is 0.373 e. The fourth-order valence-corrected chi connectivity index (χ4v) is 3.86. The van der Waals surface area contributed by atoms with Crippen LogP contribution in [0.15, 0.2) is 42.7 Å². The predicted molar refractivity (Wildman–Crippen MR) is 98.6 cm³/mol. The van der Waals surface area contributed by atoms with Crippen molar-refractivity contribution in [3.8, 4) is 0 Å². The minimum Gasteiger partial charge on any atom is -0.373 e. The van der Waals surface area contributed by atoms with Crippen LogP contribution in [0.4, 0.5) is 0 Å². The Balaban J connectivity index is 1.33. The zero-order chi connectivity index (χ0) is 17.8. The zero-order valence-electron chi connectivity index (χ0n) is 15.1. The number of aromatic nitrogens is 2. The molecule has 1 amide bonds. The molecule has 0 unspecified atom stereocenters. The first-order valence-electron chi connectivity index (χ1n) is 9.39. The summed E-state index contributed by atoms with van der Waals surface area (Å²) in [6.45, 7) is 4.95. The van der Waals surface area contributed by atoms with E-state index in [9.17, 15) is 4.79 Å². The highest BCUT2D eigenvalue weighted by Crippen LogP contribution is 2.28. The number of benzene rings is 1. The van der Waals surface area contributed by atoms with Gasteiger partial charge in [0.15, 0.2) is 0 Å². The molecule has 6 heteroatoms. The van der Waals surface area contributed by atoms with Crippen LogP contribution in [-0.4, -0.2) is 52.4 Å². The molecule has 2 aliphatic rings. The smallest absolute Gasteiger partial charge is 0.222 e.